The van der Waals surface area contributed by atoms with Crippen molar-refractivity contribution in [3.8, 4) is 0 Å². The summed E-state index contributed by atoms with van der Waals surface area (Å²) >= 11 is 2.05. The first kappa shape index (κ1) is 10.8. The molecule has 0 unspecified atom stereocenters. The van der Waals surface area contributed by atoms with Crippen LogP contribution in [-0.2, 0) is 6.42 Å². The molecule has 0 aliphatic rings. The second-order valence-corrected chi connectivity index (χ2v) is 4.11. The normalized spacial score (nSPS) is 11.1. The average molecular weight is 194 g/mol. The molecule has 0 aliphatic heterocycles. The number of nitrogens with zero attached hydrogens (tertiary/aromatic N) is 1. The Morgan fingerprint density at radius 1 is 1.33 bits per heavy atom. The molecule has 2 aromatic rings. The average Bonchev–Trinajstić information content (AvgIpc) is 2.62. The van der Waals surface area contributed by atoms with Crippen molar-refractivity contribution >= 4 is 33.0 Å². The van der Waals surface area contributed by atoms with Gasteiger partial charge in [-0.3, -0.25) is 0 Å². The Kier molecular flexibility index (Phi) is 3.51. The van der Waals surface area contributed by atoms with Crippen molar-refractivity contribution in [3.63, 3.8) is 0 Å². The molecule has 0 saturated heterocycles. The first-order valence-corrected chi connectivity index (χ1v) is 5.75. The van der Waals surface area contributed by atoms with Gasteiger partial charge in [0.15, 0.2) is 0 Å². The number of hydrogen-bond acceptors (Lipinski definition) is 1. The van der Waals surface area contributed by atoms with Gasteiger partial charge in [-0.05, 0) is 0 Å². The van der Waals surface area contributed by atoms with Crippen LogP contribution in [0.15, 0.2) is 18.2 Å². The Bertz CT molecular complexity index is 448. The number of H-pyrrole nitrogens is 1. The fourth-order valence-corrected chi connectivity index (χ4v) is 2.01. The Labute approximate surface area is 99.7 Å². The number of rotatable bonds is 4. The van der Waals surface area contributed by atoms with Crippen molar-refractivity contribution in [1.29, 1.82) is 0 Å². The van der Waals surface area contributed by atoms with E-state index in [2.05, 4.69) is 53.0 Å². The standard InChI is InChI=1S/C12H15N2.Li/c1-2-3-4-6-10-7-5-8-11-9-13-14-12(10)11;/h5,7-8H,2-4,6H2,1H3,(H,13,14);. The van der Waals surface area contributed by atoms with Crippen LogP contribution < -0.4 is 4.37 Å². The number of aromatic amines is 1. The molecule has 1 heterocycles. The van der Waals surface area contributed by atoms with Crippen LogP contribution in [0.1, 0.15) is 31.7 Å². The molecule has 0 atom stereocenters. The number of fused-ring (bicyclic) bond motifs is 1. The number of aryl methyl sites for hydroxylation is 1. The molecule has 2 nitrogen and oxygen atoms in total. The van der Waals surface area contributed by atoms with Crippen molar-refractivity contribution in [2.24, 2.45) is 0 Å². The summed E-state index contributed by atoms with van der Waals surface area (Å²) in [7, 11) is 0. The predicted octanol–water partition coefficient (Wildman–Crippen LogP) is 2.09. The molecule has 0 bridgehead atoms. The maximum atomic E-state index is 4.26. The van der Waals surface area contributed by atoms with Gasteiger partial charge >= 0.3 is 99.6 Å². The number of unbranched alkanes of at least 4 members (excludes halogenated alkanes) is 2. The first-order valence-electron chi connectivity index (χ1n) is 5.75. The molecule has 15 heavy (non-hydrogen) atoms. The third kappa shape index (κ3) is 2.27. The van der Waals surface area contributed by atoms with Gasteiger partial charge in [0.1, 0.15) is 0 Å². The van der Waals surface area contributed by atoms with Gasteiger partial charge in [-0.15, -0.1) is 0 Å². The second-order valence-electron chi connectivity index (χ2n) is 4.11. The molecular formula is C12H15LiN2. The van der Waals surface area contributed by atoms with Gasteiger partial charge in [-0.25, -0.2) is 0 Å². The van der Waals surface area contributed by atoms with Crippen LogP contribution in [0.25, 0.3) is 10.9 Å². The Morgan fingerprint density at radius 2 is 2.20 bits per heavy atom. The van der Waals surface area contributed by atoms with Gasteiger partial charge < -0.3 is 0 Å². The number of hydrogen-bond donors (Lipinski definition) is 1. The van der Waals surface area contributed by atoms with Gasteiger partial charge in [0.05, 0.1) is 0 Å². The number of aromatic nitrogens is 2. The number of para-hydroxylation sites is 1. The molecule has 74 valence electrons. The van der Waals surface area contributed by atoms with E-state index in [1.807, 2.05) is 0 Å². The molecule has 1 aromatic carbocycles. The van der Waals surface area contributed by atoms with E-state index in [4.69, 9.17) is 0 Å². The summed E-state index contributed by atoms with van der Waals surface area (Å²) < 4.78 is 1.10. The molecule has 0 amide bonds. The molecule has 0 saturated carbocycles. The second kappa shape index (κ2) is 4.87. The van der Waals surface area contributed by atoms with Crippen LogP contribution in [0.2, 0.25) is 0 Å². The monoisotopic (exact) mass is 194 g/mol. The van der Waals surface area contributed by atoms with Gasteiger partial charge in [0, 0.05) is 0 Å². The van der Waals surface area contributed by atoms with Crippen LogP contribution in [-0.4, -0.2) is 27.9 Å². The first-order chi connectivity index (χ1) is 7.33. The topological polar surface area (TPSA) is 28.7 Å². The Balaban J connectivity index is 2.26. The van der Waals surface area contributed by atoms with Crippen molar-refractivity contribution in [2.45, 2.75) is 32.6 Å². The van der Waals surface area contributed by atoms with Crippen LogP contribution in [0.5, 0.6) is 0 Å². The molecule has 1 N–H and O–H groups in total. The molecule has 0 aliphatic carbocycles. The van der Waals surface area contributed by atoms with Gasteiger partial charge in [-0.2, -0.15) is 0 Å². The van der Waals surface area contributed by atoms with E-state index in [9.17, 15) is 0 Å². The Hall–Kier alpha value is -0.713. The number of benzene rings is 1. The summed E-state index contributed by atoms with van der Waals surface area (Å²) in [5, 5.41) is 8.66. The third-order valence-corrected chi connectivity index (χ3v) is 2.93. The van der Waals surface area contributed by atoms with Gasteiger partial charge in [-0.1, -0.05) is 0 Å². The molecule has 1 aromatic heterocycles. The Morgan fingerprint density at radius 3 is 3.00 bits per heavy atom. The van der Waals surface area contributed by atoms with E-state index in [1.54, 1.807) is 0 Å². The number of nitrogens with one attached hydrogen (secondary N) is 1. The summed E-state index contributed by atoms with van der Waals surface area (Å²) in [5.74, 6) is 0. The SMILES string of the molecule is [Li][c]1n[nH]c2c(CCCCC)cccc12. The summed E-state index contributed by atoms with van der Waals surface area (Å²) in [6.45, 7) is 2.24. The van der Waals surface area contributed by atoms with Crippen molar-refractivity contribution in [3.05, 3.63) is 23.8 Å². The third-order valence-electron chi connectivity index (χ3n) is 2.93. The van der Waals surface area contributed by atoms with Crippen LogP contribution in [0, 0.1) is 0 Å². The molecule has 0 fully saturated rings. The predicted molar refractivity (Wildman–Crippen MR) is 64.7 cm³/mol. The maximum absolute atomic E-state index is 4.26. The zero-order valence-electron chi connectivity index (χ0n) is 9.51. The molecular weight excluding hydrogens is 179 g/mol. The van der Waals surface area contributed by atoms with E-state index in [1.165, 1.54) is 35.7 Å². The molecule has 0 radical (unpaired) electrons. The zero-order chi connectivity index (χ0) is 10.7. The fraction of sp³-hybridized carbons (Fsp3) is 0.417. The summed E-state index contributed by atoms with van der Waals surface area (Å²) in [6, 6.07) is 6.47. The summed E-state index contributed by atoms with van der Waals surface area (Å²) in [6.07, 6.45) is 5.02. The van der Waals surface area contributed by atoms with Crippen LogP contribution in [0.3, 0.4) is 0 Å². The summed E-state index contributed by atoms with van der Waals surface area (Å²) in [5.41, 5.74) is 2.63. The molecule has 3 heteroatoms. The van der Waals surface area contributed by atoms with E-state index >= 15 is 0 Å². The molecule has 0 spiro atoms. The summed E-state index contributed by atoms with van der Waals surface area (Å²) in [4.78, 5) is 0. The van der Waals surface area contributed by atoms with Crippen molar-refractivity contribution < 1.29 is 0 Å². The quantitative estimate of drug-likeness (QED) is 0.586. The van der Waals surface area contributed by atoms with Gasteiger partial charge in [0.2, 0.25) is 0 Å². The minimum absolute atomic E-state index is 1.10. The van der Waals surface area contributed by atoms with E-state index in [0.29, 0.717) is 0 Å². The van der Waals surface area contributed by atoms with Crippen LogP contribution >= 0.6 is 0 Å². The van der Waals surface area contributed by atoms with Crippen LogP contribution in [0.4, 0.5) is 0 Å². The van der Waals surface area contributed by atoms with E-state index in [0.717, 1.165) is 10.8 Å². The molecule has 2 rings (SSSR count). The van der Waals surface area contributed by atoms with Gasteiger partial charge in [0.25, 0.3) is 0 Å². The van der Waals surface area contributed by atoms with E-state index in [-0.39, 0.29) is 0 Å². The van der Waals surface area contributed by atoms with Crippen molar-refractivity contribution in [1.82, 2.24) is 10.2 Å². The van der Waals surface area contributed by atoms with E-state index < -0.39 is 0 Å². The minimum atomic E-state index is 1.10. The van der Waals surface area contributed by atoms with Crippen molar-refractivity contribution in [2.75, 3.05) is 0 Å². The zero-order valence-corrected chi connectivity index (χ0v) is 9.51. The fourth-order valence-electron chi connectivity index (χ4n) is 2.01.